The molecule has 0 spiro atoms. The van der Waals surface area contributed by atoms with Crippen molar-refractivity contribution in [3.63, 3.8) is 0 Å². The minimum absolute atomic E-state index is 0.484. The van der Waals surface area contributed by atoms with E-state index >= 15 is 0 Å². The van der Waals surface area contributed by atoms with Crippen LogP contribution in [0.15, 0.2) is 0 Å². The van der Waals surface area contributed by atoms with E-state index in [9.17, 15) is 9.90 Å². The molecule has 0 aromatic carbocycles. The van der Waals surface area contributed by atoms with Gasteiger partial charge in [-0.2, -0.15) is 0 Å². The van der Waals surface area contributed by atoms with Crippen LogP contribution in [0.25, 0.3) is 0 Å². The molecule has 0 fully saturated rings. The van der Waals surface area contributed by atoms with Crippen LogP contribution < -0.4 is 5.73 Å². The fourth-order valence-corrected chi connectivity index (χ4v) is 1.90. The highest BCUT2D eigenvalue weighted by Crippen LogP contribution is 2.16. The zero-order chi connectivity index (χ0) is 13.1. The SMILES string of the molecule is CCCCCCCCCCCC(C)(O)C(N)=O. The van der Waals surface area contributed by atoms with E-state index in [1.807, 2.05) is 0 Å². The van der Waals surface area contributed by atoms with Gasteiger partial charge in [-0.3, -0.25) is 4.79 Å². The standard InChI is InChI=1S/C14H29NO2/c1-3-4-5-6-7-8-9-10-11-12-14(2,17)13(15)16/h17H,3-12H2,1-2H3,(H2,15,16). The molecule has 0 saturated carbocycles. The summed E-state index contributed by atoms with van der Waals surface area (Å²) >= 11 is 0. The van der Waals surface area contributed by atoms with Crippen molar-refractivity contribution in [1.82, 2.24) is 0 Å². The van der Waals surface area contributed by atoms with E-state index in [-0.39, 0.29) is 0 Å². The molecule has 0 saturated heterocycles. The first kappa shape index (κ1) is 16.4. The van der Waals surface area contributed by atoms with Crippen LogP contribution in [0.3, 0.4) is 0 Å². The fraction of sp³-hybridized carbons (Fsp3) is 0.929. The second-order valence-corrected chi connectivity index (χ2v) is 5.22. The first-order valence-corrected chi connectivity index (χ1v) is 7.03. The van der Waals surface area contributed by atoms with Gasteiger partial charge in [0.1, 0.15) is 5.60 Å². The molecule has 0 radical (unpaired) electrons. The Morgan fingerprint density at radius 3 is 1.82 bits per heavy atom. The first-order valence-electron chi connectivity index (χ1n) is 7.03. The normalized spacial score (nSPS) is 14.5. The van der Waals surface area contributed by atoms with E-state index in [1.54, 1.807) is 0 Å². The predicted octanol–water partition coefficient (Wildman–Crippen LogP) is 3.14. The Balaban J connectivity index is 3.27. The summed E-state index contributed by atoms with van der Waals surface area (Å²) in [6.45, 7) is 3.73. The topological polar surface area (TPSA) is 63.3 Å². The van der Waals surface area contributed by atoms with Gasteiger partial charge in [0.25, 0.3) is 0 Å². The van der Waals surface area contributed by atoms with Crippen molar-refractivity contribution in [1.29, 1.82) is 0 Å². The number of carbonyl (C=O) groups excluding carboxylic acids is 1. The molecule has 0 aromatic rings. The molecule has 1 atom stereocenters. The summed E-state index contributed by atoms with van der Waals surface area (Å²) < 4.78 is 0. The second-order valence-electron chi connectivity index (χ2n) is 5.22. The predicted molar refractivity (Wildman–Crippen MR) is 71.7 cm³/mol. The largest absolute Gasteiger partial charge is 0.380 e. The first-order chi connectivity index (χ1) is 8.00. The zero-order valence-electron chi connectivity index (χ0n) is 11.5. The molecule has 0 rings (SSSR count). The molecule has 1 amide bonds. The smallest absolute Gasteiger partial charge is 0.249 e. The lowest BCUT2D eigenvalue weighted by Crippen LogP contribution is -2.40. The van der Waals surface area contributed by atoms with Crippen LogP contribution in [0, 0.1) is 0 Å². The Bertz CT molecular complexity index is 202. The number of amides is 1. The Morgan fingerprint density at radius 1 is 1.00 bits per heavy atom. The van der Waals surface area contributed by atoms with Gasteiger partial charge in [-0.15, -0.1) is 0 Å². The van der Waals surface area contributed by atoms with E-state index in [0.29, 0.717) is 6.42 Å². The minimum atomic E-state index is -1.32. The van der Waals surface area contributed by atoms with E-state index in [4.69, 9.17) is 5.73 Å². The lowest BCUT2D eigenvalue weighted by Gasteiger charge is -2.18. The highest BCUT2D eigenvalue weighted by molar-refractivity contribution is 5.82. The van der Waals surface area contributed by atoms with Gasteiger partial charge in [0.05, 0.1) is 0 Å². The Morgan fingerprint density at radius 2 is 1.41 bits per heavy atom. The molecule has 3 N–H and O–H groups in total. The molecule has 0 bridgehead atoms. The summed E-state index contributed by atoms with van der Waals surface area (Å²) in [6.07, 6.45) is 11.6. The highest BCUT2D eigenvalue weighted by atomic mass is 16.3. The zero-order valence-corrected chi connectivity index (χ0v) is 11.5. The molecular formula is C14H29NO2. The molecule has 3 heteroatoms. The fourth-order valence-electron chi connectivity index (χ4n) is 1.90. The van der Waals surface area contributed by atoms with Gasteiger partial charge in [0.2, 0.25) is 5.91 Å². The van der Waals surface area contributed by atoms with Crippen LogP contribution in [-0.2, 0) is 4.79 Å². The minimum Gasteiger partial charge on any atom is -0.380 e. The lowest BCUT2D eigenvalue weighted by molar-refractivity contribution is -0.135. The van der Waals surface area contributed by atoms with Crippen LogP contribution in [0.2, 0.25) is 0 Å². The Hall–Kier alpha value is -0.570. The van der Waals surface area contributed by atoms with Crippen molar-refractivity contribution in [2.45, 2.75) is 83.7 Å². The molecule has 17 heavy (non-hydrogen) atoms. The van der Waals surface area contributed by atoms with Crippen LogP contribution in [0.5, 0.6) is 0 Å². The summed E-state index contributed by atoms with van der Waals surface area (Å²) in [5, 5.41) is 9.62. The number of aliphatic hydroxyl groups is 1. The molecule has 0 aliphatic carbocycles. The quantitative estimate of drug-likeness (QED) is 0.548. The van der Waals surface area contributed by atoms with E-state index < -0.39 is 11.5 Å². The third-order valence-electron chi connectivity index (χ3n) is 3.30. The molecular weight excluding hydrogens is 214 g/mol. The molecule has 0 aromatic heterocycles. The number of nitrogens with two attached hydrogens (primary N) is 1. The van der Waals surface area contributed by atoms with Gasteiger partial charge in [-0.25, -0.2) is 0 Å². The second kappa shape index (κ2) is 9.46. The number of unbranched alkanes of at least 4 members (excludes halogenated alkanes) is 8. The van der Waals surface area contributed by atoms with Crippen molar-refractivity contribution in [2.75, 3.05) is 0 Å². The van der Waals surface area contributed by atoms with Gasteiger partial charge >= 0.3 is 0 Å². The highest BCUT2D eigenvalue weighted by Gasteiger charge is 2.26. The summed E-state index contributed by atoms with van der Waals surface area (Å²) in [5.74, 6) is -0.614. The van der Waals surface area contributed by atoms with Crippen LogP contribution in [0.4, 0.5) is 0 Å². The molecule has 0 heterocycles. The van der Waals surface area contributed by atoms with Crippen LogP contribution >= 0.6 is 0 Å². The van der Waals surface area contributed by atoms with Gasteiger partial charge < -0.3 is 10.8 Å². The molecule has 102 valence electrons. The monoisotopic (exact) mass is 243 g/mol. The number of hydrogen-bond acceptors (Lipinski definition) is 2. The van der Waals surface area contributed by atoms with Crippen molar-refractivity contribution in [3.05, 3.63) is 0 Å². The molecule has 0 aliphatic rings. The third-order valence-corrected chi connectivity index (χ3v) is 3.30. The van der Waals surface area contributed by atoms with Crippen molar-refractivity contribution in [3.8, 4) is 0 Å². The van der Waals surface area contributed by atoms with Gasteiger partial charge in [-0.05, 0) is 13.3 Å². The van der Waals surface area contributed by atoms with Gasteiger partial charge in [0, 0.05) is 0 Å². The van der Waals surface area contributed by atoms with Crippen molar-refractivity contribution < 1.29 is 9.90 Å². The summed E-state index contributed by atoms with van der Waals surface area (Å²) in [7, 11) is 0. The maximum Gasteiger partial charge on any atom is 0.249 e. The van der Waals surface area contributed by atoms with Crippen molar-refractivity contribution in [2.24, 2.45) is 5.73 Å². The molecule has 1 unspecified atom stereocenters. The van der Waals surface area contributed by atoms with E-state index in [1.165, 1.54) is 51.9 Å². The summed E-state index contributed by atoms with van der Waals surface area (Å²) in [4.78, 5) is 10.9. The lowest BCUT2D eigenvalue weighted by atomic mass is 9.97. The summed E-state index contributed by atoms with van der Waals surface area (Å²) in [6, 6.07) is 0. The number of rotatable bonds is 11. The van der Waals surface area contributed by atoms with Gasteiger partial charge in [0.15, 0.2) is 0 Å². The van der Waals surface area contributed by atoms with E-state index in [0.717, 1.165) is 12.8 Å². The Kier molecular flexibility index (Phi) is 9.14. The van der Waals surface area contributed by atoms with Crippen molar-refractivity contribution >= 4 is 5.91 Å². The number of primary amides is 1. The van der Waals surface area contributed by atoms with Crippen LogP contribution in [-0.4, -0.2) is 16.6 Å². The Labute approximate surface area is 106 Å². The molecule has 0 aliphatic heterocycles. The third kappa shape index (κ3) is 9.16. The number of carbonyl (C=O) groups is 1. The average Bonchev–Trinajstić information content (AvgIpc) is 2.26. The maximum atomic E-state index is 10.9. The summed E-state index contributed by atoms with van der Waals surface area (Å²) in [5.41, 5.74) is 3.77. The van der Waals surface area contributed by atoms with Gasteiger partial charge in [-0.1, -0.05) is 64.7 Å². The average molecular weight is 243 g/mol. The van der Waals surface area contributed by atoms with E-state index in [2.05, 4.69) is 6.92 Å². The maximum absolute atomic E-state index is 10.9. The number of hydrogen-bond donors (Lipinski definition) is 2. The molecule has 3 nitrogen and oxygen atoms in total. The van der Waals surface area contributed by atoms with Crippen LogP contribution in [0.1, 0.15) is 78.1 Å².